The number of carbonyl (C=O) groups is 2. The maximum atomic E-state index is 11.2. The van der Waals surface area contributed by atoms with Crippen LogP contribution in [0.3, 0.4) is 0 Å². The summed E-state index contributed by atoms with van der Waals surface area (Å²) in [4.78, 5) is 26.8. The number of hydrogen-bond acceptors (Lipinski definition) is 5. The van der Waals surface area contributed by atoms with Gasteiger partial charge in [-0.3, -0.25) is 4.79 Å². The van der Waals surface area contributed by atoms with Gasteiger partial charge in [0.15, 0.2) is 6.61 Å². The smallest absolute Gasteiger partial charge is 0.364 e. The fourth-order valence-electron chi connectivity index (χ4n) is 0.599. The van der Waals surface area contributed by atoms with E-state index in [1.165, 1.54) is 0 Å². The molecule has 0 saturated carbocycles. The highest BCUT2D eigenvalue weighted by Crippen LogP contribution is 1.92. The van der Waals surface area contributed by atoms with Gasteiger partial charge >= 0.3 is 5.97 Å². The molecule has 6 heteroatoms. The predicted molar refractivity (Wildman–Crippen MR) is 54.6 cm³/mol. The molecule has 0 aromatic rings. The molecule has 0 N–H and O–H groups in total. The van der Waals surface area contributed by atoms with Crippen LogP contribution in [0.4, 0.5) is 0 Å². The Labute approximate surface area is 92.4 Å². The van der Waals surface area contributed by atoms with Gasteiger partial charge in [0.2, 0.25) is 11.5 Å². The lowest BCUT2D eigenvalue weighted by atomic mass is 10.3. The van der Waals surface area contributed by atoms with Crippen LogP contribution in [0.1, 0.15) is 6.92 Å². The zero-order chi connectivity index (χ0) is 11.7. The third-order valence-corrected chi connectivity index (χ3v) is 1.40. The summed E-state index contributed by atoms with van der Waals surface area (Å²) in [6.07, 6.45) is 4.89. The largest absolute Gasteiger partial charge is 0.461 e. The minimum atomic E-state index is -0.875. The van der Waals surface area contributed by atoms with Crippen molar-refractivity contribution in [3.8, 4) is 12.3 Å². The van der Waals surface area contributed by atoms with Crippen LogP contribution in [0, 0.1) is 12.3 Å². The number of ketones is 1. The molecule has 0 atom stereocenters. The van der Waals surface area contributed by atoms with Gasteiger partial charge < -0.3 is 9.57 Å². The Morgan fingerprint density at radius 2 is 2.20 bits per heavy atom. The molecule has 0 amide bonds. The van der Waals surface area contributed by atoms with Crippen molar-refractivity contribution < 1.29 is 19.2 Å². The first-order chi connectivity index (χ1) is 7.17. The molecule has 0 fully saturated rings. The quantitative estimate of drug-likeness (QED) is 0.126. The van der Waals surface area contributed by atoms with Crippen molar-refractivity contribution in [2.75, 3.05) is 19.1 Å². The molecular weight excluding hydrogens is 222 g/mol. The molecule has 0 aliphatic carbocycles. The highest BCUT2D eigenvalue weighted by molar-refractivity contribution is 6.67. The molecular formula is C9H10ClNO4. The molecule has 0 radical (unpaired) electrons. The Balaban J connectivity index is 4.58. The van der Waals surface area contributed by atoms with Crippen molar-refractivity contribution in [2.45, 2.75) is 6.92 Å². The SMILES string of the molecule is C#CCON=C(C(=O)CCl)C(=O)OCC. The van der Waals surface area contributed by atoms with Crippen molar-refractivity contribution >= 4 is 29.1 Å². The van der Waals surface area contributed by atoms with Crippen LogP contribution < -0.4 is 0 Å². The Hall–Kier alpha value is -1.54. The van der Waals surface area contributed by atoms with E-state index in [0.717, 1.165) is 0 Å². The molecule has 0 unspecified atom stereocenters. The summed E-state index contributed by atoms with van der Waals surface area (Å²) in [5.74, 6) is 0.199. The zero-order valence-electron chi connectivity index (χ0n) is 8.16. The van der Waals surface area contributed by atoms with Crippen molar-refractivity contribution in [2.24, 2.45) is 5.16 Å². The number of rotatable bonds is 6. The van der Waals surface area contributed by atoms with Crippen LogP contribution in [-0.2, 0) is 19.2 Å². The minimum Gasteiger partial charge on any atom is -0.461 e. The summed E-state index contributed by atoms with van der Waals surface area (Å²) in [6, 6.07) is 0. The van der Waals surface area contributed by atoms with Crippen molar-refractivity contribution in [3.63, 3.8) is 0 Å². The first-order valence-electron chi connectivity index (χ1n) is 4.07. The second-order valence-corrected chi connectivity index (χ2v) is 2.46. The van der Waals surface area contributed by atoms with Crippen LogP contribution in [-0.4, -0.2) is 36.6 Å². The summed E-state index contributed by atoms with van der Waals surface area (Å²) >= 11 is 5.27. The topological polar surface area (TPSA) is 65.0 Å². The lowest BCUT2D eigenvalue weighted by molar-refractivity contribution is -0.135. The molecule has 0 heterocycles. The van der Waals surface area contributed by atoms with Crippen molar-refractivity contribution in [1.29, 1.82) is 0 Å². The van der Waals surface area contributed by atoms with E-state index >= 15 is 0 Å². The number of ether oxygens (including phenoxy) is 1. The van der Waals surface area contributed by atoms with Crippen LogP contribution in [0.25, 0.3) is 0 Å². The monoisotopic (exact) mass is 231 g/mol. The van der Waals surface area contributed by atoms with Crippen LogP contribution in [0.15, 0.2) is 5.16 Å². The number of halogens is 1. The Bertz CT molecular complexity index is 306. The molecule has 0 bridgehead atoms. The van der Waals surface area contributed by atoms with Gasteiger partial charge in [0.25, 0.3) is 0 Å². The van der Waals surface area contributed by atoms with E-state index in [4.69, 9.17) is 18.0 Å². The number of oxime groups is 1. The van der Waals surface area contributed by atoms with Crippen molar-refractivity contribution in [3.05, 3.63) is 0 Å². The normalized spacial score (nSPS) is 10.3. The third kappa shape index (κ3) is 5.03. The molecule has 82 valence electrons. The van der Waals surface area contributed by atoms with Gasteiger partial charge in [-0.2, -0.15) is 0 Å². The van der Waals surface area contributed by atoms with Crippen LogP contribution >= 0.6 is 11.6 Å². The average Bonchev–Trinajstić information content (AvgIpc) is 2.23. The highest BCUT2D eigenvalue weighted by Gasteiger charge is 2.21. The van der Waals surface area contributed by atoms with Gasteiger partial charge in [0.05, 0.1) is 12.5 Å². The van der Waals surface area contributed by atoms with E-state index in [9.17, 15) is 9.59 Å². The van der Waals surface area contributed by atoms with Gasteiger partial charge in [0.1, 0.15) is 0 Å². The van der Waals surface area contributed by atoms with E-state index in [-0.39, 0.29) is 19.1 Å². The number of nitrogens with zero attached hydrogens (tertiary/aromatic N) is 1. The van der Waals surface area contributed by atoms with Gasteiger partial charge in [0, 0.05) is 0 Å². The molecule has 0 aliphatic rings. The van der Waals surface area contributed by atoms with Crippen LogP contribution in [0.5, 0.6) is 0 Å². The Morgan fingerprint density at radius 1 is 1.53 bits per heavy atom. The van der Waals surface area contributed by atoms with Crippen molar-refractivity contribution in [1.82, 2.24) is 0 Å². The standard InChI is InChI=1S/C9H10ClNO4/c1-3-5-15-11-8(7(12)6-10)9(13)14-4-2/h1H,4-6H2,2H3. The first-order valence-corrected chi connectivity index (χ1v) is 4.60. The fourth-order valence-corrected chi connectivity index (χ4v) is 0.725. The third-order valence-electron chi connectivity index (χ3n) is 1.16. The van der Waals surface area contributed by atoms with E-state index in [0.29, 0.717) is 0 Å². The molecule has 0 spiro atoms. The average molecular weight is 232 g/mol. The van der Waals surface area contributed by atoms with E-state index in [1.54, 1.807) is 6.92 Å². The number of hydrogen-bond donors (Lipinski definition) is 0. The van der Waals surface area contributed by atoms with Gasteiger partial charge in [-0.1, -0.05) is 11.1 Å². The zero-order valence-corrected chi connectivity index (χ0v) is 8.91. The number of esters is 1. The van der Waals surface area contributed by atoms with E-state index < -0.39 is 17.5 Å². The van der Waals surface area contributed by atoms with Gasteiger partial charge in [-0.25, -0.2) is 4.79 Å². The van der Waals surface area contributed by atoms with Crippen LogP contribution in [0.2, 0.25) is 0 Å². The second-order valence-electron chi connectivity index (χ2n) is 2.19. The predicted octanol–water partition coefficient (Wildman–Crippen LogP) is 0.363. The van der Waals surface area contributed by atoms with E-state index in [1.807, 2.05) is 0 Å². The number of Topliss-reactive ketones (excluding diaryl/α,β-unsaturated/α-hetero) is 1. The molecule has 15 heavy (non-hydrogen) atoms. The summed E-state index contributed by atoms with van der Waals surface area (Å²) in [5, 5.41) is 3.27. The first kappa shape index (κ1) is 13.5. The molecule has 0 rings (SSSR count). The molecule has 0 aliphatic heterocycles. The summed E-state index contributed by atoms with van der Waals surface area (Å²) in [5.41, 5.74) is -0.484. The lowest BCUT2D eigenvalue weighted by Gasteiger charge is -2.02. The second kappa shape index (κ2) is 7.83. The van der Waals surface area contributed by atoms with Gasteiger partial charge in [-0.05, 0) is 6.92 Å². The minimum absolute atomic E-state index is 0.128. The van der Waals surface area contributed by atoms with Gasteiger partial charge in [-0.15, -0.1) is 18.0 Å². The summed E-state index contributed by atoms with van der Waals surface area (Å²) < 4.78 is 4.58. The number of alkyl halides is 1. The molecule has 0 saturated heterocycles. The summed E-state index contributed by atoms with van der Waals surface area (Å²) in [6.45, 7) is 1.59. The Morgan fingerprint density at radius 3 is 2.67 bits per heavy atom. The highest BCUT2D eigenvalue weighted by atomic mass is 35.5. The molecule has 0 aromatic carbocycles. The Kier molecular flexibility index (Phi) is 7.02. The number of carbonyl (C=O) groups excluding carboxylic acids is 2. The maximum absolute atomic E-state index is 11.2. The number of terminal acetylenes is 1. The molecule has 5 nitrogen and oxygen atoms in total. The lowest BCUT2D eigenvalue weighted by Crippen LogP contribution is -2.27. The molecule has 0 aromatic heterocycles. The fraction of sp³-hybridized carbons (Fsp3) is 0.444. The summed E-state index contributed by atoms with van der Waals surface area (Å²) in [7, 11) is 0. The maximum Gasteiger partial charge on any atom is 0.364 e. The van der Waals surface area contributed by atoms with E-state index in [2.05, 4.69) is 20.7 Å².